The Balaban J connectivity index is 0.00000121. The van der Waals surface area contributed by atoms with E-state index < -0.39 is 0 Å². The van der Waals surface area contributed by atoms with Crippen molar-refractivity contribution in [3.05, 3.63) is 35.9 Å². The van der Waals surface area contributed by atoms with E-state index in [9.17, 15) is 0 Å². The molecule has 0 fully saturated rings. The van der Waals surface area contributed by atoms with Crippen LogP contribution < -0.4 is 0 Å². The first-order chi connectivity index (χ1) is 5.33. The Labute approximate surface area is 93.9 Å². The van der Waals surface area contributed by atoms with Gasteiger partial charge in [0.05, 0.1) is 0 Å². The quantitative estimate of drug-likeness (QED) is 0.720. The van der Waals surface area contributed by atoms with Crippen molar-refractivity contribution >= 4 is 26.2 Å². The summed E-state index contributed by atoms with van der Waals surface area (Å²) in [4.78, 5) is 2.26. The minimum absolute atomic E-state index is 0. The van der Waals surface area contributed by atoms with E-state index >= 15 is 0 Å². The van der Waals surface area contributed by atoms with Crippen LogP contribution in [0.4, 0.5) is 0 Å². The van der Waals surface area contributed by atoms with E-state index in [1.54, 1.807) is 0 Å². The molecule has 0 spiro atoms. The van der Waals surface area contributed by atoms with E-state index in [0.29, 0.717) is 0 Å². The van der Waals surface area contributed by atoms with Gasteiger partial charge in [0.2, 0.25) is 0 Å². The maximum absolute atomic E-state index is 3.19. The number of benzene rings is 1. The van der Waals surface area contributed by atoms with Gasteiger partial charge in [0.25, 0.3) is 0 Å². The molecule has 0 aliphatic rings. The zero-order valence-corrected chi connectivity index (χ0v) is 13.4. The van der Waals surface area contributed by atoms with E-state index in [0.717, 1.165) is 13.1 Å². The number of hydrogen-bond donors (Lipinski definition) is 0. The van der Waals surface area contributed by atoms with E-state index in [-0.39, 0.29) is 26.2 Å². The molecule has 0 saturated carbocycles. The summed E-state index contributed by atoms with van der Waals surface area (Å²) in [6.45, 7) is 4.24. The van der Waals surface area contributed by atoms with Gasteiger partial charge in [0.1, 0.15) is 0 Å². The SMILES string of the molecule is CCN(C)Cc1[c]cccc1.[BiH3]. The summed E-state index contributed by atoms with van der Waals surface area (Å²) in [5.74, 6) is 0. The molecular weight excluding hydrogens is 343 g/mol. The van der Waals surface area contributed by atoms with Gasteiger partial charge in [-0.05, 0) is 25.2 Å². The molecule has 0 bridgehead atoms. The van der Waals surface area contributed by atoms with Gasteiger partial charge in [-0.25, -0.2) is 0 Å². The molecule has 1 nitrogen and oxygen atoms in total. The summed E-state index contributed by atoms with van der Waals surface area (Å²) < 4.78 is 0. The second kappa shape index (κ2) is 6.57. The Hall–Kier alpha value is 0.0631. The maximum atomic E-state index is 3.19. The average Bonchev–Trinajstić information content (AvgIpc) is 2.06. The topological polar surface area (TPSA) is 3.24 Å². The van der Waals surface area contributed by atoms with Crippen molar-refractivity contribution in [1.29, 1.82) is 0 Å². The van der Waals surface area contributed by atoms with Crippen molar-refractivity contribution in [2.24, 2.45) is 0 Å². The normalized spacial score (nSPS) is 9.58. The molecule has 2 heteroatoms. The molecule has 1 aromatic carbocycles. The third kappa shape index (κ3) is 4.18. The first-order valence-electron chi connectivity index (χ1n) is 3.97. The van der Waals surface area contributed by atoms with Gasteiger partial charge in [-0.3, -0.25) is 0 Å². The molecule has 0 saturated heterocycles. The number of rotatable bonds is 3. The van der Waals surface area contributed by atoms with Crippen LogP contribution in [0.15, 0.2) is 24.3 Å². The van der Waals surface area contributed by atoms with E-state index in [1.807, 2.05) is 12.1 Å². The molecule has 0 atom stereocenters. The number of nitrogens with zero attached hydrogens (tertiary/aromatic N) is 1. The van der Waals surface area contributed by atoms with E-state index in [4.69, 9.17) is 0 Å². The Morgan fingerprint density at radius 2 is 2.17 bits per heavy atom. The van der Waals surface area contributed by atoms with Crippen molar-refractivity contribution in [2.45, 2.75) is 13.5 Å². The molecule has 1 radical (unpaired) electrons. The molecule has 1 aromatic rings. The summed E-state index contributed by atoms with van der Waals surface area (Å²) in [7, 11) is 2.11. The van der Waals surface area contributed by atoms with Gasteiger partial charge in [0, 0.05) is 6.54 Å². The molecule has 0 N–H and O–H groups in total. The van der Waals surface area contributed by atoms with E-state index in [2.05, 4.69) is 37.1 Å². The standard InChI is InChI=1S/C10H14N.Bi.3H/c1-3-11(2)9-10-7-5-4-6-8-10;;;;/h4-7H,3,9H2,1-2H3;;;;. The fraction of sp³-hybridized carbons (Fsp3) is 0.400. The van der Waals surface area contributed by atoms with E-state index in [1.165, 1.54) is 5.56 Å². The molecule has 67 valence electrons. The molecular formula is C10H17BiN. The predicted molar refractivity (Wildman–Crippen MR) is 57.2 cm³/mol. The molecule has 12 heavy (non-hydrogen) atoms. The van der Waals surface area contributed by atoms with Gasteiger partial charge >= 0.3 is 26.2 Å². The zero-order valence-electron chi connectivity index (χ0n) is 7.88. The summed E-state index contributed by atoms with van der Waals surface area (Å²) in [6.07, 6.45) is 0. The molecule has 0 amide bonds. The van der Waals surface area contributed by atoms with Crippen LogP contribution in [0.5, 0.6) is 0 Å². The Morgan fingerprint density at radius 1 is 1.42 bits per heavy atom. The zero-order chi connectivity index (χ0) is 8.10. The van der Waals surface area contributed by atoms with Crippen molar-refractivity contribution in [3.63, 3.8) is 0 Å². The average molecular weight is 360 g/mol. The fourth-order valence-corrected chi connectivity index (χ4v) is 0.931. The molecule has 0 heterocycles. The minimum atomic E-state index is 0. The van der Waals surface area contributed by atoms with Gasteiger partial charge in [-0.15, -0.1) is 0 Å². The molecule has 0 unspecified atom stereocenters. The molecule has 1 rings (SSSR count). The molecule has 0 aliphatic heterocycles. The van der Waals surface area contributed by atoms with Crippen LogP contribution in [0.25, 0.3) is 0 Å². The Morgan fingerprint density at radius 3 is 2.67 bits per heavy atom. The van der Waals surface area contributed by atoms with Crippen molar-refractivity contribution < 1.29 is 0 Å². The summed E-state index contributed by atoms with van der Waals surface area (Å²) >= 11 is 0. The van der Waals surface area contributed by atoms with Crippen LogP contribution in [0.1, 0.15) is 12.5 Å². The van der Waals surface area contributed by atoms with Crippen LogP contribution in [0.2, 0.25) is 0 Å². The van der Waals surface area contributed by atoms with Gasteiger partial charge in [-0.1, -0.05) is 31.2 Å². The second-order valence-electron chi connectivity index (χ2n) is 2.72. The van der Waals surface area contributed by atoms with Gasteiger partial charge in [0.15, 0.2) is 0 Å². The van der Waals surface area contributed by atoms with Crippen LogP contribution in [0, 0.1) is 6.07 Å². The third-order valence-electron chi connectivity index (χ3n) is 1.75. The number of hydrogen-bond acceptors (Lipinski definition) is 1. The first-order valence-corrected chi connectivity index (χ1v) is 3.97. The van der Waals surface area contributed by atoms with Gasteiger partial charge < -0.3 is 4.90 Å². The van der Waals surface area contributed by atoms with Crippen molar-refractivity contribution in [1.82, 2.24) is 4.90 Å². The summed E-state index contributed by atoms with van der Waals surface area (Å²) in [5.41, 5.74) is 1.26. The van der Waals surface area contributed by atoms with Crippen LogP contribution in [0.3, 0.4) is 0 Å². The van der Waals surface area contributed by atoms with Gasteiger partial charge in [-0.2, -0.15) is 0 Å². The van der Waals surface area contributed by atoms with Crippen LogP contribution in [-0.4, -0.2) is 44.7 Å². The fourth-order valence-electron chi connectivity index (χ4n) is 0.931. The van der Waals surface area contributed by atoms with Crippen LogP contribution >= 0.6 is 0 Å². The van der Waals surface area contributed by atoms with Crippen molar-refractivity contribution in [2.75, 3.05) is 13.6 Å². The van der Waals surface area contributed by atoms with Crippen molar-refractivity contribution in [3.8, 4) is 0 Å². The summed E-state index contributed by atoms with van der Waals surface area (Å²) in [5, 5.41) is 0. The third-order valence-corrected chi connectivity index (χ3v) is 1.75. The van der Waals surface area contributed by atoms with Crippen LogP contribution in [-0.2, 0) is 6.54 Å². The molecule has 0 aromatic heterocycles. The predicted octanol–water partition coefficient (Wildman–Crippen LogP) is 0.755. The second-order valence-corrected chi connectivity index (χ2v) is 2.72. The first kappa shape index (κ1) is 12.1. The molecule has 0 aliphatic carbocycles. The Kier molecular flexibility index (Phi) is 6.60. The Bertz CT molecular complexity index is 198. The summed E-state index contributed by atoms with van der Waals surface area (Å²) in [6, 6.07) is 11.3. The monoisotopic (exact) mass is 360 g/mol.